The molecule has 0 radical (unpaired) electrons. The maximum absolute atomic E-state index is 14.2. The zero-order chi connectivity index (χ0) is 13.3. The number of hydrogen-bond donors (Lipinski definition) is 1. The van der Waals surface area contributed by atoms with Gasteiger partial charge < -0.3 is 10.2 Å². The van der Waals surface area contributed by atoms with E-state index in [4.69, 9.17) is 5.26 Å². The smallest absolute Gasteiger partial charge is 0.161 e. The minimum atomic E-state index is -0.352. The Hall–Kier alpha value is -1.12. The number of nitrogens with one attached hydrogen (secondary N) is 1. The molecule has 2 atom stereocenters. The highest BCUT2D eigenvalue weighted by atomic mass is 79.9. The third-order valence-corrected chi connectivity index (χ3v) is 3.86. The Bertz CT molecular complexity index is 488. The Labute approximate surface area is 115 Å². The second kappa shape index (κ2) is 5.25. The van der Waals surface area contributed by atoms with Gasteiger partial charge in [0.1, 0.15) is 6.07 Å². The molecule has 1 heterocycles. The van der Waals surface area contributed by atoms with Crippen molar-refractivity contribution in [3.8, 4) is 6.07 Å². The van der Waals surface area contributed by atoms with E-state index in [0.717, 1.165) is 13.1 Å². The largest absolute Gasteiger partial charge is 0.366 e. The van der Waals surface area contributed by atoms with Crippen LogP contribution in [-0.4, -0.2) is 25.2 Å². The maximum atomic E-state index is 14.2. The number of anilines is 1. The molecule has 0 amide bonds. The highest BCUT2D eigenvalue weighted by molar-refractivity contribution is 9.10. The zero-order valence-electron chi connectivity index (χ0n) is 10.4. The van der Waals surface area contributed by atoms with E-state index < -0.39 is 0 Å². The normalized spacial score (nSPS) is 23.8. The van der Waals surface area contributed by atoms with Crippen LogP contribution in [0.2, 0.25) is 0 Å². The van der Waals surface area contributed by atoms with Gasteiger partial charge in [0.25, 0.3) is 0 Å². The number of hydrogen-bond acceptors (Lipinski definition) is 3. The molecule has 3 nitrogen and oxygen atoms in total. The number of benzene rings is 1. The number of nitrogens with zero attached hydrogens (tertiary/aromatic N) is 2. The maximum Gasteiger partial charge on any atom is 0.161 e. The summed E-state index contributed by atoms with van der Waals surface area (Å²) in [6, 6.07) is 5.95. The van der Waals surface area contributed by atoms with Crippen LogP contribution in [-0.2, 0) is 0 Å². The first-order chi connectivity index (χ1) is 8.52. The van der Waals surface area contributed by atoms with Gasteiger partial charge in [-0.3, -0.25) is 0 Å². The van der Waals surface area contributed by atoms with Crippen LogP contribution in [0.3, 0.4) is 0 Å². The summed E-state index contributed by atoms with van der Waals surface area (Å²) in [5.41, 5.74) is 0.883. The van der Waals surface area contributed by atoms with Gasteiger partial charge in [-0.1, -0.05) is 0 Å². The molecule has 0 saturated carbocycles. The number of nitriles is 1. The molecule has 0 aromatic heterocycles. The van der Waals surface area contributed by atoms with Crippen molar-refractivity contribution in [2.24, 2.45) is 0 Å². The molecule has 2 unspecified atom stereocenters. The molecule has 0 bridgehead atoms. The zero-order valence-corrected chi connectivity index (χ0v) is 12.0. The lowest BCUT2D eigenvalue weighted by molar-refractivity contribution is 0.403. The molecule has 1 N–H and O–H groups in total. The molecule has 1 fully saturated rings. The van der Waals surface area contributed by atoms with Crippen LogP contribution in [0, 0.1) is 17.1 Å². The quantitative estimate of drug-likeness (QED) is 0.866. The van der Waals surface area contributed by atoms with Gasteiger partial charge in [-0.05, 0) is 41.9 Å². The molecule has 18 heavy (non-hydrogen) atoms. The van der Waals surface area contributed by atoms with Gasteiger partial charge >= 0.3 is 0 Å². The topological polar surface area (TPSA) is 39.1 Å². The predicted molar refractivity (Wildman–Crippen MR) is 73.1 cm³/mol. The summed E-state index contributed by atoms with van der Waals surface area (Å²) in [5.74, 6) is -0.352. The van der Waals surface area contributed by atoms with Crippen LogP contribution in [0.1, 0.15) is 19.4 Å². The van der Waals surface area contributed by atoms with E-state index in [9.17, 15) is 4.39 Å². The summed E-state index contributed by atoms with van der Waals surface area (Å²) >= 11 is 3.15. The summed E-state index contributed by atoms with van der Waals surface area (Å²) in [4.78, 5) is 2.02. The fraction of sp³-hybridized carbons (Fsp3) is 0.462. The van der Waals surface area contributed by atoms with Crippen LogP contribution in [0.4, 0.5) is 10.1 Å². The van der Waals surface area contributed by atoms with Crippen molar-refractivity contribution in [1.82, 2.24) is 5.32 Å². The second-order valence-corrected chi connectivity index (χ2v) is 5.54. The summed E-state index contributed by atoms with van der Waals surface area (Å²) in [7, 11) is 0. The van der Waals surface area contributed by atoms with Gasteiger partial charge in [0.2, 0.25) is 0 Å². The van der Waals surface area contributed by atoms with Gasteiger partial charge in [-0.15, -0.1) is 0 Å². The summed E-state index contributed by atoms with van der Waals surface area (Å²) in [6.45, 7) is 5.69. The lowest BCUT2D eigenvalue weighted by Gasteiger charge is -2.37. The number of halogens is 2. The van der Waals surface area contributed by atoms with E-state index in [1.807, 2.05) is 11.0 Å². The molecule has 0 aliphatic carbocycles. The lowest BCUT2D eigenvalue weighted by Crippen LogP contribution is -2.54. The molecule has 0 spiro atoms. The molecule has 1 aliphatic heterocycles. The Morgan fingerprint density at radius 3 is 2.56 bits per heavy atom. The third-order valence-electron chi connectivity index (χ3n) is 3.08. The van der Waals surface area contributed by atoms with Crippen LogP contribution in [0.5, 0.6) is 0 Å². The van der Waals surface area contributed by atoms with Gasteiger partial charge in [0, 0.05) is 25.2 Å². The second-order valence-electron chi connectivity index (χ2n) is 4.75. The van der Waals surface area contributed by atoms with Gasteiger partial charge in [0.15, 0.2) is 5.82 Å². The van der Waals surface area contributed by atoms with E-state index in [-0.39, 0.29) is 10.3 Å². The average Bonchev–Trinajstić information content (AvgIpc) is 2.31. The fourth-order valence-corrected chi connectivity index (χ4v) is 2.82. The number of rotatable bonds is 1. The Morgan fingerprint density at radius 2 is 2.00 bits per heavy atom. The number of piperazine rings is 1. The van der Waals surface area contributed by atoms with Crippen molar-refractivity contribution in [3.05, 3.63) is 28.0 Å². The van der Waals surface area contributed by atoms with Crippen LogP contribution in [0.15, 0.2) is 16.6 Å². The van der Waals surface area contributed by atoms with E-state index >= 15 is 0 Å². The van der Waals surface area contributed by atoms with Crippen molar-refractivity contribution in [3.63, 3.8) is 0 Å². The summed E-state index contributed by atoms with van der Waals surface area (Å²) in [5, 5.41) is 12.3. The first-order valence-corrected chi connectivity index (χ1v) is 6.71. The van der Waals surface area contributed by atoms with E-state index in [0.29, 0.717) is 23.3 Å². The first kappa shape index (κ1) is 13.3. The highest BCUT2D eigenvalue weighted by Crippen LogP contribution is 2.30. The summed E-state index contributed by atoms with van der Waals surface area (Å²) in [6.07, 6.45) is 0. The molecule has 5 heteroatoms. The van der Waals surface area contributed by atoms with E-state index in [1.54, 1.807) is 12.1 Å². The third kappa shape index (κ3) is 2.50. The first-order valence-electron chi connectivity index (χ1n) is 5.92. The average molecular weight is 312 g/mol. The van der Waals surface area contributed by atoms with Crippen molar-refractivity contribution in [2.45, 2.75) is 25.9 Å². The van der Waals surface area contributed by atoms with Crippen LogP contribution >= 0.6 is 15.9 Å². The van der Waals surface area contributed by atoms with Crippen molar-refractivity contribution in [1.29, 1.82) is 5.26 Å². The van der Waals surface area contributed by atoms with Gasteiger partial charge in [-0.2, -0.15) is 5.26 Å². The van der Waals surface area contributed by atoms with Gasteiger partial charge in [0.05, 0.1) is 15.7 Å². The lowest BCUT2D eigenvalue weighted by atomic mass is 10.1. The predicted octanol–water partition coefficient (Wildman–Crippen LogP) is 2.65. The van der Waals surface area contributed by atoms with Crippen molar-refractivity contribution in [2.75, 3.05) is 18.0 Å². The Balaban J connectivity index is 2.34. The fourth-order valence-electron chi connectivity index (χ4n) is 2.39. The van der Waals surface area contributed by atoms with Gasteiger partial charge in [-0.25, -0.2) is 4.39 Å². The van der Waals surface area contributed by atoms with E-state index in [1.165, 1.54) is 0 Å². The molecular weight excluding hydrogens is 297 g/mol. The molecule has 1 aromatic rings. The van der Waals surface area contributed by atoms with Crippen molar-refractivity contribution < 1.29 is 4.39 Å². The van der Waals surface area contributed by atoms with Crippen molar-refractivity contribution >= 4 is 21.6 Å². The molecule has 1 saturated heterocycles. The molecule has 2 rings (SSSR count). The minimum absolute atomic E-state index is 0.251. The van der Waals surface area contributed by atoms with Crippen LogP contribution in [0.25, 0.3) is 0 Å². The Morgan fingerprint density at radius 1 is 1.39 bits per heavy atom. The van der Waals surface area contributed by atoms with Crippen LogP contribution < -0.4 is 10.2 Å². The molecular formula is C13H15BrFN3. The molecule has 1 aliphatic rings. The monoisotopic (exact) mass is 311 g/mol. The molecule has 1 aromatic carbocycles. The highest BCUT2D eigenvalue weighted by Gasteiger charge is 2.24. The standard InChI is InChI=1S/C13H15BrFN3/c1-8-6-18(7-9(2)17-8)11-4-3-10(5-16)12(14)13(11)15/h3-4,8-9,17H,6-7H2,1-2H3. The minimum Gasteiger partial charge on any atom is -0.366 e. The van der Waals surface area contributed by atoms with E-state index in [2.05, 4.69) is 35.1 Å². The SMILES string of the molecule is CC1CN(c2ccc(C#N)c(Br)c2F)CC(C)N1. The molecule has 96 valence electrons. The Kier molecular flexibility index (Phi) is 3.88. The summed E-state index contributed by atoms with van der Waals surface area (Å²) < 4.78 is 14.5.